The Morgan fingerprint density at radius 1 is 0.958 bits per heavy atom. The van der Waals surface area contributed by atoms with Crippen LogP contribution in [0.25, 0.3) is 0 Å². The molecule has 1 unspecified atom stereocenters. The van der Waals surface area contributed by atoms with Crippen LogP contribution in [0.2, 0.25) is 24.7 Å². The lowest BCUT2D eigenvalue weighted by molar-refractivity contribution is -0.240. The highest BCUT2D eigenvalue weighted by Crippen LogP contribution is 2.49. The van der Waals surface area contributed by atoms with Gasteiger partial charge < -0.3 is 10.2 Å². The zero-order valence-corrected chi connectivity index (χ0v) is 15.4. The summed E-state index contributed by atoms with van der Waals surface area (Å²) in [5, 5.41) is 0.357. The number of hydrogen-bond donors (Lipinski definition) is 1. The summed E-state index contributed by atoms with van der Waals surface area (Å²) in [6, 6.07) is 11.3. The Labute approximate surface area is 145 Å². The van der Waals surface area contributed by atoms with Gasteiger partial charge >= 0.3 is 6.18 Å². The van der Waals surface area contributed by atoms with E-state index >= 15 is 0 Å². The topological polar surface area (TPSA) is 35.2 Å². The van der Waals surface area contributed by atoms with Gasteiger partial charge in [0.2, 0.25) is 5.60 Å². The molecule has 2 aromatic rings. The Kier molecular flexibility index (Phi) is 5.04. The molecule has 0 bridgehead atoms. The molecule has 24 heavy (non-hydrogen) atoms. The van der Waals surface area contributed by atoms with Gasteiger partial charge in [0.05, 0.1) is 0 Å². The Hall–Kier alpha value is -1.50. The zero-order valence-electron chi connectivity index (χ0n) is 13.6. The predicted molar refractivity (Wildman–Crippen MR) is 93.6 cm³/mol. The lowest BCUT2D eigenvalue weighted by atomic mass is 9.85. The Morgan fingerprint density at radius 2 is 1.54 bits per heavy atom. The van der Waals surface area contributed by atoms with E-state index in [-0.39, 0.29) is 16.8 Å². The molecular formula is C17H19ClF3NOSi. The van der Waals surface area contributed by atoms with Crippen molar-refractivity contribution >= 4 is 25.6 Å². The third-order valence-corrected chi connectivity index (χ3v) is 4.57. The highest BCUT2D eigenvalue weighted by Gasteiger charge is 2.60. The summed E-state index contributed by atoms with van der Waals surface area (Å²) in [4.78, 5) is 0. The van der Waals surface area contributed by atoms with Crippen molar-refractivity contribution in [2.24, 2.45) is 0 Å². The number of nitrogen functional groups attached to an aromatic ring is 1. The number of benzene rings is 2. The Morgan fingerprint density at radius 3 is 2.00 bits per heavy atom. The summed E-state index contributed by atoms with van der Waals surface area (Å²) in [6.45, 7) is 5.15. The van der Waals surface area contributed by atoms with Crippen molar-refractivity contribution < 1.29 is 17.6 Å². The molecule has 7 heteroatoms. The van der Waals surface area contributed by atoms with Crippen LogP contribution in [-0.4, -0.2) is 14.5 Å². The van der Waals surface area contributed by atoms with E-state index < -0.39 is 20.1 Å². The van der Waals surface area contributed by atoms with E-state index in [0.717, 1.165) is 0 Å². The number of rotatable bonds is 4. The van der Waals surface area contributed by atoms with Gasteiger partial charge in [0, 0.05) is 10.7 Å². The molecule has 2 rings (SSSR count). The molecule has 1 atom stereocenters. The van der Waals surface area contributed by atoms with Crippen LogP contribution in [0.3, 0.4) is 0 Å². The monoisotopic (exact) mass is 373 g/mol. The molecule has 2 N–H and O–H groups in total. The van der Waals surface area contributed by atoms with Crippen LogP contribution < -0.4 is 5.73 Å². The minimum Gasteiger partial charge on any atom is -0.399 e. The molecule has 0 radical (unpaired) electrons. The van der Waals surface area contributed by atoms with Crippen LogP contribution in [0.15, 0.2) is 48.5 Å². The van der Waals surface area contributed by atoms with Crippen molar-refractivity contribution in [1.29, 1.82) is 0 Å². The summed E-state index contributed by atoms with van der Waals surface area (Å²) in [5.74, 6) is 0. The second-order valence-electron chi connectivity index (χ2n) is 6.53. The van der Waals surface area contributed by atoms with Crippen molar-refractivity contribution in [3.63, 3.8) is 0 Å². The largest absolute Gasteiger partial charge is 0.425 e. The summed E-state index contributed by atoms with van der Waals surface area (Å²) < 4.78 is 48.8. The number of nitrogens with two attached hydrogens (primary N) is 1. The second kappa shape index (κ2) is 6.42. The molecule has 2 aromatic carbocycles. The van der Waals surface area contributed by atoms with Crippen LogP contribution in [-0.2, 0) is 10.0 Å². The average Bonchev–Trinajstić information content (AvgIpc) is 2.43. The molecule has 0 saturated carbocycles. The van der Waals surface area contributed by atoms with Crippen molar-refractivity contribution in [2.45, 2.75) is 31.4 Å². The first-order valence-corrected chi connectivity index (χ1v) is 11.1. The number of halogens is 4. The third-order valence-electron chi connectivity index (χ3n) is 3.40. The average molecular weight is 374 g/mol. The standard InChI is InChI=1S/C17H19ClF3NOSi/c1-24(2,3)23-16(17(19,20)21,12-7-9-14(18)10-8-12)13-5-4-6-15(22)11-13/h4-11H,22H2,1-3H3. The Bertz CT molecular complexity index is 713. The highest BCUT2D eigenvalue weighted by molar-refractivity contribution is 6.69. The van der Waals surface area contributed by atoms with Gasteiger partial charge in [0.25, 0.3) is 0 Å². The van der Waals surface area contributed by atoms with Gasteiger partial charge in [-0.2, -0.15) is 13.2 Å². The molecule has 0 heterocycles. The van der Waals surface area contributed by atoms with E-state index in [1.807, 2.05) is 0 Å². The summed E-state index contributed by atoms with van der Waals surface area (Å²) in [5.41, 5.74) is 3.33. The van der Waals surface area contributed by atoms with E-state index in [9.17, 15) is 13.2 Å². The molecule has 0 aromatic heterocycles. The fourth-order valence-corrected chi connectivity index (χ4v) is 3.97. The van der Waals surface area contributed by atoms with Crippen LogP contribution in [0, 0.1) is 0 Å². The highest BCUT2D eigenvalue weighted by atomic mass is 35.5. The minimum absolute atomic E-state index is 0.0209. The molecule has 0 saturated heterocycles. The number of hydrogen-bond acceptors (Lipinski definition) is 2. The maximum atomic E-state index is 14.3. The van der Waals surface area contributed by atoms with Gasteiger partial charge in [-0.3, -0.25) is 0 Å². The molecule has 0 aliphatic carbocycles. The molecule has 0 aliphatic heterocycles. The Balaban J connectivity index is 2.81. The van der Waals surface area contributed by atoms with Crippen LogP contribution >= 0.6 is 11.6 Å². The first-order chi connectivity index (χ1) is 11.0. The van der Waals surface area contributed by atoms with Gasteiger partial charge in [-0.1, -0.05) is 35.9 Å². The molecule has 0 spiro atoms. The molecule has 0 aliphatic rings. The lowest BCUT2D eigenvalue weighted by Crippen LogP contribution is -2.51. The molecular weight excluding hydrogens is 355 g/mol. The SMILES string of the molecule is C[Si](C)(C)OC(c1ccc(Cl)cc1)(c1cccc(N)c1)C(F)(F)F. The van der Waals surface area contributed by atoms with Gasteiger partial charge in [-0.25, -0.2) is 0 Å². The van der Waals surface area contributed by atoms with E-state index in [1.54, 1.807) is 25.7 Å². The van der Waals surface area contributed by atoms with Crippen LogP contribution in [0.1, 0.15) is 11.1 Å². The maximum Gasteiger partial charge on any atom is 0.425 e. The molecule has 2 nitrogen and oxygen atoms in total. The smallest absolute Gasteiger partial charge is 0.399 e. The normalized spacial score (nSPS) is 15.1. The van der Waals surface area contributed by atoms with Crippen LogP contribution in [0.4, 0.5) is 18.9 Å². The first-order valence-electron chi connectivity index (χ1n) is 7.35. The fourth-order valence-electron chi connectivity index (χ4n) is 2.57. The van der Waals surface area contributed by atoms with Crippen LogP contribution in [0.5, 0.6) is 0 Å². The van der Waals surface area contributed by atoms with E-state index in [2.05, 4.69) is 0 Å². The van der Waals surface area contributed by atoms with Gasteiger partial charge in [-0.05, 0) is 55.0 Å². The van der Waals surface area contributed by atoms with E-state index in [0.29, 0.717) is 5.02 Å². The molecule has 0 fully saturated rings. The summed E-state index contributed by atoms with van der Waals surface area (Å²) >= 11 is 5.85. The quantitative estimate of drug-likeness (QED) is 0.561. The molecule has 130 valence electrons. The van der Waals surface area contributed by atoms with Crippen molar-refractivity contribution in [2.75, 3.05) is 5.73 Å². The molecule has 0 amide bonds. The van der Waals surface area contributed by atoms with Gasteiger partial charge in [-0.15, -0.1) is 0 Å². The fraction of sp³-hybridized carbons (Fsp3) is 0.294. The summed E-state index contributed by atoms with van der Waals surface area (Å²) in [7, 11) is -2.59. The van der Waals surface area contributed by atoms with Gasteiger partial charge in [0.15, 0.2) is 8.32 Å². The van der Waals surface area contributed by atoms with Crippen molar-refractivity contribution in [3.8, 4) is 0 Å². The maximum absolute atomic E-state index is 14.3. The third kappa shape index (κ3) is 3.76. The number of alkyl halides is 3. The van der Waals surface area contributed by atoms with Gasteiger partial charge in [0.1, 0.15) is 0 Å². The number of anilines is 1. The van der Waals surface area contributed by atoms with E-state index in [4.69, 9.17) is 21.8 Å². The van der Waals surface area contributed by atoms with Crippen molar-refractivity contribution in [3.05, 3.63) is 64.7 Å². The zero-order chi connectivity index (χ0) is 18.2. The summed E-state index contributed by atoms with van der Waals surface area (Å²) in [6.07, 6.45) is -4.67. The minimum atomic E-state index is -4.67. The lowest BCUT2D eigenvalue weighted by Gasteiger charge is -2.41. The second-order valence-corrected chi connectivity index (χ2v) is 11.4. The van der Waals surface area contributed by atoms with E-state index in [1.165, 1.54) is 42.5 Å². The first kappa shape index (κ1) is 18.8. The van der Waals surface area contributed by atoms with Crippen molar-refractivity contribution in [1.82, 2.24) is 0 Å². The predicted octanol–water partition coefficient (Wildman–Crippen LogP) is 5.58.